The molecule has 0 aliphatic carbocycles. The van der Waals surface area contributed by atoms with Crippen LogP contribution in [0, 0.1) is 6.92 Å². The summed E-state index contributed by atoms with van der Waals surface area (Å²) in [4.78, 5) is 33.7. The van der Waals surface area contributed by atoms with Crippen molar-refractivity contribution in [3.63, 3.8) is 0 Å². The molecule has 1 aliphatic rings. The molecule has 5 rings (SSSR count). The zero-order chi connectivity index (χ0) is 27.6. The lowest BCUT2D eigenvalue weighted by molar-refractivity contribution is 0.00695. The second kappa shape index (κ2) is 11.0. The Bertz CT molecular complexity index is 1470. The van der Waals surface area contributed by atoms with Crippen molar-refractivity contribution in [2.24, 2.45) is 0 Å². The van der Waals surface area contributed by atoms with Crippen LogP contribution in [0.5, 0.6) is 0 Å². The molecule has 0 atom stereocenters. The zero-order valence-electron chi connectivity index (χ0n) is 23.1. The van der Waals surface area contributed by atoms with Crippen molar-refractivity contribution in [1.29, 1.82) is 0 Å². The predicted octanol–water partition coefficient (Wildman–Crippen LogP) is 5.70. The number of nitrogens with zero attached hydrogens (tertiary/aromatic N) is 3. The molecule has 0 fully saturated rings. The van der Waals surface area contributed by atoms with E-state index in [2.05, 4.69) is 29.2 Å². The lowest BCUT2D eigenvalue weighted by atomic mass is 9.97. The number of hydrogen-bond donors (Lipinski definition) is 0. The number of aryl methyl sites for hydroxylation is 1. The highest BCUT2D eigenvalue weighted by molar-refractivity contribution is 5.89. The van der Waals surface area contributed by atoms with Gasteiger partial charge in [-0.1, -0.05) is 72.8 Å². The molecule has 39 heavy (non-hydrogen) atoms. The quantitative estimate of drug-likeness (QED) is 0.305. The molecule has 4 aromatic rings. The summed E-state index contributed by atoms with van der Waals surface area (Å²) >= 11 is 0. The molecule has 1 aromatic heterocycles. The number of esters is 1. The Hall–Kier alpha value is -4.03. The summed E-state index contributed by atoms with van der Waals surface area (Å²) in [5, 5.41) is 0. The third-order valence-corrected chi connectivity index (χ3v) is 7.00. The highest BCUT2D eigenvalue weighted by Gasteiger charge is 2.27. The molecule has 1 aliphatic heterocycles. The number of aromatic nitrogens is 2. The molecular weight excluding hydrogens is 486 g/mol. The summed E-state index contributed by atoms with van der Waals surface area (Å²) in [6.45, 7) is 9.55. The number of carbonyl (C=O) groups is 1. The molecule has 0 saturated carbocycles. The van der Waals surface area contributed by atoms with Crippen LogP contribution in [-0.4, -0.2) is 32.6 Å². The molecule has 0 amide bonds. The first-order chi connectivity index (χ1) is 18.7. The van der Waals surface area contributed by atoms with Crippen LogP contribution < -0.4 is 5.56 Å². The highest BCUT2D eigenvalue weighted by atomic mass is 16.6. The first kappa shape index (κ1) is 26.6. The summed E-state index contributed by atoms with van der Waals surface area (Å²) in [5.74, 6) is 0.400. The minimum atomic E-state index is -0.531. The summed E-state index contributed by atoms with van der Waals surface area (Å²) in [5.41, 5.74) is 4.85. The number of fused-ring (bicyclic) bond motifs is 1. The van der Waals surface area contributed by atoms with Gasteiger partial charge in [0.2, 0.25) is 0 Å². The number of hydrogen-bond acceptors (Lipinski definition) is 5. The SMILES string of the molecule is Cc1nc2c(c(=O)n1C(c1ccccc1)c1ccccc1)CN(Cc1ccc(C(=O)OC(C)(C)C)cc1)CC2. The lowest BCUT2D eigenvalue weighted by Gasteiger charge is -2.30. The van der Waals surface area contributed by atoms with Crippen molar-refractivity contribution in [3.05, 3.63) is 135 Å². The molecule has 0 spiro atoms. The van der Waals surface area contributed by atoms with Crippen LogP contribution in [0.4, 0.5) is 0 Å². The van der Waals surface area contributed by atoms with Crippen LogP contribution in [0.3, 0.4) is 0 Å². The normalized spacial score (nSPS) is 13.8. The Labute approximate surface area is 229 Å². The fourth-order valence-electron chi connectivity index (χ4n) is 5.21. The van der Waals surface area contributed by atoms with Gasteiger partial charge in [0.15, 0.2) is 0 Å². The maximum absolute atomic E-state index is 14.1. The average Bonchev–Trinajstić information content (AvgIpc) is 2.92. The Morgan fingerprint density at radius 2 is 1.51 bits per heavy atom. The Kier molecular flexibility index (Phi) is 7.49. The van der Waals surface area contributed by atoms with Crippen molar-refractivity contribution in [2.45, 2.75) is 58.8 Å². The number of benzene rings is 3. The average molecular weight is 522 g/mol. The maximum Gasteiger partial charge on any atom is 0.338 e. The van der Waals surface area contributed by atoms with E-state index in [0.717, 1.165) is 46.7 Å². The summed E-state index contributed by atoms with van der Waals surface area (Å²) in [6.07, 6.45) is 0.726. The van der Waals surface area contributed by atoms with E-state index in [1.807, 2.05) is 92.9 Å². The van der Waals surface area contributed by atoms with Gasteiger partial charge in [-0.05, 0) is 56.5 Å². The van der Waals surface area contributed by atoms with Gasteiger partial charge < -0.3 is 4.74 Å². The van der Waals surface area contributed by atoms with Gasteiger partial charge in [-0.15, -0.1) is 0 Å². The van der Waals surface area contributed by atoms with E-state index in [1.165, 1.54) is 0 Å². The molecule has 0 bridgehead atoms. The van der Waals surface area contributed by atoms with E-state index in [-0.39, 0.29) is 17.6 Å². The lowest BCUT2D eigenvalue weighted by Crippen LogP contribution is -2.40. The van der Waals surface area contributed by atoms with Gasteiger partial charge in [0, 0.05) is 26.1 Å². The van der Waals surface area contributed by atoms with Crippen molar-refractivity contribution >= 4 is 5.97 Å². The molecule has 200 valence electrons. The monoisotopic (exact) mass is 521 g/mol. The minimum Gasteiger partial charge on any atom is -0.456 e. The number of ether oxygens (including phenoxy) is 1. The van der Waals surface area contributed by atoms with E-state index in [0.29, 0.717) is 18.7 Å². The van der Waals surface area contributed by atoms with E-state index in [4.69, 9.17) is 9.72 Å². The Morgan fingerprint density at radius 1 is 0.923 bits per heavy atom. The van der Waals surface area contributed by atoms with Crippen LogP contribution in [0.25, 0.3) is 0 Å². The molecule has 0 saturated heterocycles. The first-order valence-corrected chi connectivity index (χ1v) is 13.4. The van der Waals surface area contributed by atoms with E-state index >= 15 is 0 Å². The van der Waals surface area contributed by atoms with Crippen LogP contribution in [-0.2, 0) is 24.2 Å². The zero-order valence-corrected chi connectivity index (χ0v) is 23.1. The summed E-state index contributed by atoms with van der Waals surface area (Å²) in [6, 6.07) is 27.6. The van der Waals surface area contributed by atoms with E-state index in [9.17, 15) is 9.59 Å². The standard InChI is InChI=1S/C33H35N3O3/c1-23-34-29-19-20-35(21-24-15-17-27(18-16-24)32(38)39-33(2,3)4)22-28(29)31(37)36(23)30(25-11-7-5-8-12-25)26-13-9-6-10-14-26/h5-18,30H,19-22H2,1-4H3. The Morgan fingerprint density at radius 3 is 2.08 bits per heavy atom. The van der Waals surface area contributed by atoms with Crippen LogP contribution >= 0.6 is 0 Å². The highest BCUT2D eigenvalue weighted by Crippen LogP contribution is 2.27. The van der Waals surface area contributed by atoms with Crippen LogP contribution in [0.1, 0.15) is 70.9 Å². The topological polar surface area (TPSA) is 64.4 Å². The minimum absolute atomic E-state index is 0.0141. The van der Waals surface area contributed by atoms with Crippen molar-refractivity contribution < 1.29 is 9.53 Å². The fraction of sp³-hybridized carbons (Fsp3) is 0.303. The van der Waals surface area contributed by atoms with E-state index in [1.54, 1.807) is 0 Å². The molecule has 2 heterocycles. The smallest absolute Gasteiger partial charge is 0.338 e. The van der Waals surface area contributed by atoms with Gasteiger partial charge in [0.05, 0.1) is 22.9 Å². The van der Waals surface area contributed by atoms with Crippen LogP contribution in [0.15, 0.2) is 89.7 Å². The number of carbonyl (C=O) groups excluding carboxylic acids is 1. The molecule has 0 radical (unpaired) electrons. The molecular formula is C33H35N3O3. The van der Waals surface area contributed by atoms with Gasteiger partial charge in [0.25, 0.3) is 5.56 Å². The molecule has 0 N–H and O–H groups in total. The number of rotatable bonds is 6. The summed E-state index contributed by atoms with van der Waals surface area (Å²) in [7, 11) is 0. The summed E-state index contributed by atoms with van der Waals surface area (Å²) < 4.78 is 7.33. The second-order valence-electron chi connectivity index (χ2n) is 11.1. The predicted molar refractivity (Wildman–Crippen MR) is 153 cm³/mol. The molecule has 0 unspecified atom stereocenters. The van der Waals surface area contributed by atoms with Gasteiger partial charge in [-0.25, -0.2) is 9.78 Å². The second-order valence-corrected chi connectivity index (χ2v) is 11.1. The molecule has 3 aromatic carbocycles. The Balaban J connectivity index is 1.42. The van der Waals surface area contributed by atoms with Crippen molar-refractivity contribution in [1.82, 2.24) is 14.5 Å². The maximum atomic E-state index is 14.1. The van der Waals surface area contributed by atoms with Gasteiger partial charge in [-0.2, -0.15) is 0 Å². The van der Waals surface area contributed by atoms with Crippen LogP contribution in [0.2, 0.25) is 0 Å². The van der Waals surface area contributed by atoms with E-state index < -0.39 is 5.60 Å². The fourth-order valence-corrected chi connectivity index (χ4v) is 5.21. The van der Waals surface area contributed by atoms with Gasteiger partial charge in [-0.3, -0.25) is 14.3 Å². The van der Waals surface area contributed by atoms with Crippen molar-refractivity contribution in [2.75, 3.05) is 6.54 Å². The van der Waals surface area contributed by atoms with Crippen molar-refractivity contribution in [3.8, 4) is 0 Å². The van der Waals surface area contributed by atoms with Gasteiger partial charge in [0.1, 0.15) is 11.4 Å². The largest absolute Gasteiger partial charge is 0.456 e. The third kappa shape index (κ3) is 6.02. The van der Waals surface area contributed by atoms with Gasteiger partial charge >= 0.3 is 5.97 Å². The first-order valence-electron chi connectivity index (χ1n) is 13.4. The third-order valence-electron chi connectivity index (χ3n) is 7.00. The molecule has 6 nitrogen and oxygen atoms in total. The molecule has 6 heteroatoms.